The van der Waals surface area contributed by atoms with E-state index >= 15 is 0 Å². The second kappa shape index (κ2) is 8.69. The van der Waals surface area contributed by atoms with Gasteiger partial charge in [0.1, 0.15) is 15.6 Å². The molecule has 1 saturated heterocycles. The summed E-state index contributed by atoms with van der Waals surface area (Å²) in [5.41, 5.74) is 1.74. The van der Waals surface area contributed by atoms with Gasteiger partial charge in [-0.1, -0.05) is 23.7 Å². The molecule has 0 spiro atoms. The van der Waals surface area contributed by atoms with Crippen molar-refractivity contribution in [2.24, 2.45) is 0 Å². The van der Waals surface area contributed by atoms with E-state index in [0.29, 0.717) is 16.4 Å². The number of rotatable bonds is 5. The molecule has 3 heterocycles. The van der Waals surface area contributed by atoms with E-state index in [9.17, 15) is 4.79 Å². The lowest BCUT2D eigenvalue weighted by Crippen LogP contribution is -2.46. The van der Waals surface area contributed by atoms with Crippen molar-refractivity contribution in [3.63, 3.8) is 0 Å². The largest absolute Gasteiger partial charge is 0.467 e. The lowest BCUT2D eigenvalue weighted by atomic mass is 10.0. The molecule has 5 nitrogen and oxygen atoms in total. The van der Waals surface area contributed by atoms with Gasteiger partial charge in [-0.15, -0.1) is 11.3 Å². The van der Waals surface area contributed by atoms with Gasteiger partial charge in [0.15, 0.2) is 0 Å². The van der Waals surface area contributed by atoms with Crippen LogP contribution in [0.1, 0.15) is 34.0 Å². The first kappa shape index (κ1) is 20.1. The van der Waals surface area contributed by atoms with E-state index in [1.807, 2.05) is 48.2 Å². The van der Waals surface area contributed by atoms with Gasteiger partial charge in [0.2, 0.25) is 0 Å². The van der Waals surface area contributed by atoms with E-state index in [4.69, 9.17) is 16.0 Å². The van der Waals surface area contributed by atoms with E-state index in [-0.39, 0.29) is 11.9 Å². The highest BCUT2D eigenvalue weighted by molar-refractivity contribution is 7.17. The van der Waals surface area contributed by atoms with Crippen LogP contribution in [0.25, 0.3) is 10.6 Å². The maximum Gasteiger partial charge on any atom is 0.266 e. The van der Waals surface area contributed by atoms with Gasteiger partial charge in [0.25, 0.3) is 5.91 Å². The van der Waals surface area contributed by atoms with Gasteiger partial charge in [-0.2, -0.15) is 0 Å². The van der Waals surface area contributed by atoms with Crippen LogP contribution in [0.15, 0.2) is 47.1 Å². The van der Waals surface area contributed by atoms with E-state index in [0.717, 1.165) is 48.0 Å². The van der Waals surface area contributed by atoms with Crippen molar-refractivity contribution in [1.82, 2.24) is 14.8 Å². The molecule has 0 radical (unpaired) electrons. The number of nitrogens with zero attached hydrogens (tertiary/aromatic N) is 3. The highest BCUT2D eigenvalue weighted by atomic mass is 35.5. The topological polar surface area (TPSA) is 49.6 Å². The first-order valence-corrected chi connectivity index (χ1v) is 11.0. The molecule has 1 aliphatic heterocycles. The third kappa shape index (κ3) is 4.55. The number of likely N-dealkylation sites (tertiary alicyclic amines) is 1. The molecule has 0 atom stereocenters. The summed E-state index contributed by atoms with van der Waals surface area (Å²) >= 11 is 7.45. The molecule has 1 aliphatic rings. The minimum Gasteiger partial charge on any atom is -0.467 e. The lowest BCUT2D eigenvalue weighted by molar-refractivity contribution is 0.0554. The number of halogens is 1. The predicted octanol–water partition coefficient (Wildman–Crippen LogP) is 5.10. The number of carbonyl (C=O) groups excluding carboxylic acids is 1. The van der Waals surface area contributed by atoms with Crippen LogP contribution >= 0.6 is 22.9 Å². The average Bonchev–Trinajstić information content (AvgIpc) is 3.37. The monoisotopic (exact) mass is 429 g/mol. The molecular formula is C22H24ClN3O2S. The zero-order chi connectivity index (χ0) is 20.4. The third-order valence-corrected chi connectivity index (χ3v) is 6.82. The summed E-state index contributed by atoms with van der Waals surface area (Å²) in [7, 11) is 2.13. The number of aromatic nitrogens is 1. The van der Waals surface area contributed by atoms with E-state index < -0.39 is 0 Å². The van der Waals surface area contributed by atoms with Crippen LogP contribution in [0.5, 0.6) is 0 Å². The van der Waals surface area contributed by atoms with Crippen LogP contribution in [0.2, 0.25) is 5.02 Å². The van der Waals surface area contributed by atoms with Crippen molar-refractivity contribution in [3.8, 4) is 10.6 Å². The van der Waals surface area contributed by atoms with E-state index in [2.05, 4.69) is 16.9 Å². The van der Waals surface area contributed by atoms with Gasteiger partial charge in [-0.05, 0) is 64.2 Å². The maximum absolute atomic E-state index is 13.6. The number of piperidine rings is 1. The van der Waals surface area contributed by atoms with Crippen molar-refractivity contribution in [2.75, 3.05) is 20.1 Å². The summed E-state index contributed by atoms with van der Waals surface area (Å²) in [5.74, 6) is 0.837. The molecular weight excluding hydrogens is 406 g/mol. The Kier molecular flexibility index (Phi) is 6.04. The van der Waals surface area contributed by atoms with Gasteiger partial charge < -0.3 is 14.2 Å². The molecule has 29 heavy (non-hydrogen) atoms. The first-order valence-electron chi connectivity index (χ1n) is 9.76. The number of aryl methyl sites for hydroxylation is 1. The van der Waals surface area contributed by atoms with Crippen LogP contribution in [-0.2, 0) is 6.54 Å². The number of hydrogen-bond donors (Lipinski definition) is 0. The van der Waals surface area contributed by atoms with Crippen LogP contribution in [0.3, 0.4) is 0 Å². The number of benzene rings is 1. The molecule has 1 fully saturated rings. The van der Waals surface area contributed by atoms with Gasteiger partial charge in [0, 0.05) is 16.6 Å². The van der Waals surface area contributed by atoms with Crippen molar-refractivity contribution in [2.45, 2.75) is 32.4 Å². The smallest absolute Gasteiger partial charge is 0.266 e. The number of carbonyl (C=O) groups is 1. The Morgan fingerprint density at radius 2 is 2.00 bits per heavy atom. The molecule has 1 amide bonds. The number of furan rings is 1. The molecule has 0 aliphatic carbocycles. The fraction of sp³-hybridized carbons (Fsp3) is 0.364. The summed E-state index contributed by atoms with van der Waals surface area (Å²) in [6.45, 7) is 4.37. The zero-order valence-electron chi connectivity index (χ0n) is 16.6. The predicted molar refractivity (Wildman–Crippen MR) is 116 cm³/mol. The first-order chi connectivity index (χ1) is 14.0. The standard InChI is InChI=1S/C22H24ClN3O2S/c1-15-20(29-21(24-15)16-5-7-17(23)8-6-16)22(27)26(14-19-4-3-13-28-19)18-9-11-25(2)12-10-18/h3-8,13,18H,9-12,14H2,1-2H3. The Hall–Kier alpha value is -2.15. The molecule has 4 rings (SSSR count). The minimum absolute atomic E-state index is 0.0335. The van der Waals surface area contributed by atoms with Crippen molar-refractivity contribution in [3.05, 3.63) is 64.0 Å². The van der Waals surface area contributed by atoms with Gasteiger partial charge >= 0.3 is 0 Å². The molecule has 2 aromatic heterocycles. The summed E-state index contributed by atoms with van der Waals surface area (Å²) < 4.78 is 5.55. The summed E-state index contributed by atoms with van der Waals surface area (Å²) in [5, 5.41) is 1.52. The summed E-state index contributed by atoms with van der Waals surface area (Å²) in [4.78, 5) is 23.2. The zero-order valence-corrected chi connectivity index (χ0v) is 18.2. The van der Waals surface area contributed by atoms with E-state index in [1.165, 1.54) is 11.3 Å². The third-order valence-electron chi connectivity index (χ3n) is 5.38. The van der Waals surface area contributed by atoms with Crippen LogP contribution in [-0.4, -0.2) is 46.9 Å². The normalized spacial score (nSPS) is 15.6. The quantitative estimate of drug-likeness (QED) is 0.566. The molecule has 0 N–H and O–H groups in total. The van der Waals surface area contributed by atoms with Gasteiger partial charge in [-0.25, -0.2) is 4.98 Å². The average molecular weight is 430 g/mol. The molecule has 3 aromatic rings. The molecule has 1 aromatic carbocycles. The fourth-order valence-corrected chi connectivity index (χ4v) is 4.84. The highest BCUT2D eigenvalue weighted by Gasteiger charge is 2.30. The molecule has 7 heteroatoms. The van der Waals surface area contributed by atoms with Crippen molar-refractivity contribution >= 4 is 28.8 Å². The molecule has 0 bridgehead atoms. The van der Waals surface area contributed by atoms with Gasteiger partial charge in [0.05, 0.1) is 18.5 Å². The van der Waals surface area contributed by atoms with Crippen LogP contribution in [0, 0.1) is 6.92 Å². The molecule has 152 valence electrons. The maximum atomic E-state index is 13.6. The van der Waals surface area contributed by atoms with E-state index in [1.54, 1.807) is 6.26 Å². The second-order valence-electron chi connectivity index (χ2n) is 7.49. The van der Waals surface area contributed by atoms with Crippen LogP contribution in [0.4, 0.5) is 0 Å². The van der Waals surface area contributed by atoms with Crippen LogP contribution < -0.4 is 0 Å². The number of amides is 1. The fourth-order valence-electron chi connectivity index (χ4n) is 3.69. The SMILES string of the molecule is Cc1nc(-c2ccc(Cl)cc2)sc1C(=O)N(Cc1ccco1)C1CCN(C)CC1. The summed E-state index contributed by atoms with van der Waals surface area (Å²) in [6, 6.07) is 11.5. The Balaban J connectivity index is 1.62. The molecule has 0 saturated carbocycles. The molecule has 0 unspecified atom stereocenters. The minimum atomic E-state index is 0.0335. The lowest BCUT2D eigenvalue weighted by Gasteiger charge is -2.36. The summed E-state index contributed by atoms with van der Waals surface area (Å²) in [6.07, 6.45) is 3.58. The van der Waals surface area contributed by atoms with Crippen molar-refractivity contribution < 1.29 is 9.21 Å². The van der Waals surface area contributed by atoms with Crippen molar-refractivity contribution in [1.29, 1.82) is 0 Å². The number of hydrogen-bond acceptors (Lipinski definition) is 5. The highest BCUT2D eigenvalue weighted by Crippen LogP contribution is 2.31. The Labute approximate surface area is 179 Å². The second-order valence-corrected chi connectivity index (χ2v) is 8.92. The Bertz CT molecular complexity index is 961. The van der Waals surface area contributed by atoms with Gasteiger partial charge in [-0.3, -0.25) is 4.79 Å². The number of thiazole rings is 1. The Morgan fingerprint density at radius 1 is 1.28 bits per heavy atom. The Morgan fingerprint density at radius 3 is 2.66 bits per heavy atom.